The highest BCUT2D eigenvalue weighted by molar-refractivity contribution is 6.17. The molecule has 0 bridgehead atoms. The fraction of sp³-hybridized carbons (Fsp3) is 0.667. The van der Waals surface area contributed by atoms with Crippen LogP contribution in [0.2, 0.25) is 0 Å². The lowest BCUT2D eigenvalue weighted by Crippen LogP contribution is -2.09. The summed E-state index contributed by atoms with van der Waals surface area (Å²) in [5, 5.41) is 0. The highest BCUT2D eigenvalue weighted by Gasteiger charge is 2.06. The van der Waals surface area contributed by atoms with E-state index in [1.807, 2.05) is 0 Å². The maximum atomic E-state index is 10.6. The van der Waals surface area contributed by atoms with E-state index >= 15 is 0 Å². The molecule has 0 radical (unpaired) electrons. The average Bonchev–Trinajstić information content (AvgIpc) is 1.88. The third kappa shape index (κ3) is 4.32. The molecular formula is C6H9ClO3. The van der Waals surface area contributed by atoms with Crippen LogP contribution in [0.5, 0.6) is 0 Å². The van der Waals surface area contributed by atoms with Crippen LogP contribution in [0.1, 0.15) is 19.8 Å². The van der Waals surface area contributed by atoms with Crippen molar-refractivity contribution in [3.63, 3.8) is 0 Å². The van der Waals surface area contributed by atoms with Gasteiger partial charge in [0.15, 0.2) is 6.07 Å². The van der Waals surface area contributed by atoms with Crippen molar-refractivity contribution in [1.82, 2.24) is 0 Å². The summed E-state index contributed by atoms with van der Waals surface area (Å²) in [5.41, 5.74) is 0. The second-order valence-electron chi connectivity index (χ2n) is 1.69. The number of halogens is 1. The Morgan fingerprint density at radius 3 is 2.50 bits per heavy atom. The van der Waals surface area contributed by atoms with Crippen molar-refractivity contribution in [2.24, 2.45) is 0 Å². The summed E-state index contributed by atoms with van der Waals surface area (Å²) >= 11 is 5.07. The van der Waals surface area contributed by atoms with E-state index in [-0.39, 0.29) is 18.3 Å². The molecular weight excluding hydrogens is 156 g/mol. The van der Waals surface area contributed by atoms with Crippen LogP contribution >= 0.6 is 11.6 Å². The molecule has 0 amide bonds. The van der Waals surface area contributed by atoms with Crippen LogP contribution in [0.4, 0.5) is 0 Å². The second-order valence-corrected chi connectivity index (χ2v) is 1.91. The first-order chi connectivity index (χ1) is 4.70. The Labute approximate surface area is 64.3 Å². The van der Waals surface area contributed by atoms with Crippen LogP contribution in [-0.4, -0.2) is 17.8 Å². The van der Waals surface area contributed by atoms with Gasteiger partial charge in [0.25, 0.3) is 0 Å². The molecule has 0 N–H and O–H groups in total. The van der Waals surface area contributed by atoms with E-state index < -0.39 is 5.97 Å². The SMILES string of the molecule is CCC(=O)CC(=O)OCCl. The number of ether oxygens (including phenoxy) is 1. The summed E-state index contributed by atoms with van der Waals surface area (Å²) < 4.78 is 4.32. The quantitative estimate of drug-likeness (QED) is 0.355. The molecule has 0 aromatic rings. The molecule has 0 unspecified atom stereocenters. The van der Waals surface area contributed by atoms with Gasteiger partial charge in [0.1, 0.15) is 12.2 Å². The van der Waals surface area contributed by atoms with Crippen molar-refractivity contribution in [3.8, 4) is 0 Å². The average molecular weight is 165 g/mol. The fourth-order valence-electron chi connectivity index (χ4n) is 0.398. The second kappa shape index (κ2) is 5.23. The Balaban J connectivity index is 3.47. The predicted molar refractivity (Wildman–Crippen MR) is 36.7 cm³/mol. The molecule has 0 spiro atoms. The Morgan fingerprint density at radius 2 is 2.10 bits per heavy atom. The highest BCUT2D eigenvalue weighted by Crippen LogP contribution is 1.92. The summed E-state index contributed by atoms with van der Waals surface area (Å²) in [4.78, 5) is 21.0. The monoisotopic (exact) mass is 164 g/mol. The highest BCUT2D eigenvalue weighted by atomic mass is 35.5. The number of rotatable bonds is 4. The van der Waals surface area contributed by atoms with Gasteiger partial charge in [-0.05, 0) is 0 Å². The zero-order valence-electron chi connectivity index (χ0n) is 5.72. The van der Waals surface area contributed by atoms with Gasteiger partial charge in [-0.25, -0.2) is 0 Å². The maximum Gasteiger partial charge on any atom is 0.314 e. The first-order valence-electron chi connectivity index (χ1n) is 2.94. The van der Waals surface area contributed by atoms with Gasteiger partial charge in [0, 0.05) is 6.42 Å². The predicted octanol–water partition coefficient (Wildman–Crippen LogP) is 1.10. The topological polar surface area (TPSA) is 43.4 Å². The smallest absolute Gasteiger partial charge is 0.314 e. The molecule has 0 fully saturated rings. The van der Waals surface area contributed by atoms with E-state index in [0.29, 0.717) is 6.42 Å². The van der Waals surface area contributed by atoms with Crippen molar-refractivity contribution < 1.29 is 14.3 Å². The number of alkyl halides is 1. The standard InChI is InChI=1S/C6H9ClO3/c1-2-5(8)3-6(9)10-4-7/h2-4H2,1H3. The van der Waals surface area contributed by atoms with Crippen LogP contribution in [0, 0.1) is 0 Å². The third-order valence-corrected chi connectivity index (χ3v) is 1.06. The van der Waals surface area contributed by atoms with Gasteiger partial charge in [-0.2, -0.15) is 0 Å². The Hall–Kier alpha value is -0.570. The van der Waals surface area contributed by atoms with Crippen molar-refractivity contribution in [1.29, 1.82) is 0 Å². The normalized spacial score (nSPS) is 9.00. The number of carbonyl (C=O) groups excluding carboxylic acids is 2. The van der Waals surface area contributed by atoms with Crippen LogP contribution in [0.3, 0.4) is 0 Å². The summed E-state index contributed by atoms with van der Waals surface area (Å²) in [6.07, 6.45) is 0.195. The third-order valence-electron chi connectivity index (χ3n) is 0.951. The van der Waals surface area contributed by atoms with Crippen LogP contribution < -0.4 is 0 Å². The lowest BCUT2D eigenvalue weighted by molar-refractivity contribution is -0.144. The molecule has 0 saturated carbocycles. The molecule has 0 aromatic heterocycles. The number of Topliss-reactive ketones (excluding diaryl/α,β-unsaturated/α-hetero) is 1. The van der Waals surface area contributed by atoms with Crippen molar-refractivity contribution in [2.75, 3.05) is 6.07 Å². The fourth-order valence-corrected chi connectivity index (χ4v) is 0.520. The van der Waals surface area contributed by atoms with Crippen LogP contribution in [0.25, 0.3) is 0 Å². The molecule has 0 aliphatic carbocycles. The molecule has 0 aliphatic rings. The minimum Gasteiger partial charge on any atom is -0.449 e. The lowest BCUT2D eigenvalue weighted by Gasteiger charge is -1.96. The maximum absolute atomic E-state index is 10.6. The number of esters is 1. The summed E-state index contributed by atoms with van der Waals surface area (Å²) in [7, 11) is 0. The summed E-state index contributed by atoms with van der Waals surface area (Å²) in [5.74, 6) is -0.683. The van der Waals surface area contributed by atoms with Crippen molar-refractivity contribution in [3.05, 3.63) is 0 Å². The molecule has 0 aliphatic heterocycles. The van der Waals surface area contributed by atoms with Crippen LogP contribution in [-0.2, 0) is 14.3 Å². The van der Waals surface area contributed by atoms with Gasteiger partial charge >= 0.3 is 5.97 Å². The van der Waals surface area contributed by atoms with Crippen LogP contribution in [0.15, 0.2) is 0 Å². The Kier molecular flexibility index (Phi) is 4.94. The molecule has 0 heterocycles. The number of hydrogen-bond donors (Lipinski definition) is 0. The molecule has 0 aromatic carbocycles. The Bertz CT molecular complexity index is 133. The van der Waals surface area contributed by atoms with E-state index in [1.54, 1.807) is 6.92 Å². The van der Waals surface area contributed by atoms with E-state index in [0.717, 1.165) is 0 Å². The number of hydrogen-bond acceptors (Lipinski definition) is 3. The van der Waals surface area contributed by atoms with Gasteiger partial charge in [0.2, 0.25) is 0 Å². The molecule has 0 atom stereocenters. The van der Waals surface area contributed by atoms with E-state index in [1.165, 1.54) is 0 Å². The van der Waals surface area contributed by atoms with Gasteiger partial charge in [0.05, 0.1) is 0 Å². The number of ketones is 1. The lowest BCUT2D eigenvalue weighted by atomic mass is 10.2. The molecule has 0 saturated heterocycles. The van der Waals surface area contributed by atoms with Gasteiger partial charge in [-0.1, -0.05) is 18.5 Å². The molecule has 4 heteroatoms. The molecule has 58 valence electrons. The van der Waals surface area contributed by atoms with E-state index in [4.69, 9.17) is 11.6 Å². The Morgan fingerprint density at radius 1 is 1.50 bits per heavy atom. The zero-order chi connectivity index (χ0) is 7.98. The van der Waals surface area contributed by atoms with E-state index in [9.17, 15) is 9.59 Å². The summed E-state index contributed by atoms with van der Waals surface area (Å²) in [6.45, 7) is 1.69. The minimum atomic E-state index is -0.554. The van der Waals surface area contributed by atoms with Gasteiger partial charge in [-0.3, -0.25) is 9.59 Å². The number of carbonyl (C=O) groups is 2. The minimum absolute atomic E-state index is 0.130. The first-order valence-corrected chi connectivity index (χ1v) is 3.47. The molecule has 3 nitrogen and oxygen atoms in total. The molecule has 10 heavy (non-hydrogen) atoms. The first kappa shape index (κ1) is 9.43. The van der Waals surface area contributed by atoms with Crippen molar-refractivity contribution in [2.45, 2.75) is 19.8 Å². The van der Waals surface area contributed by atoms with Crippen molar-refractivity contribution >= 4 is 23.4 Å². The van der Waals surface area contributed by atoms with Gasteiger partial charge < -0.3 is 4.74 Å². The zero-order valence-corrected chi connectivity index (χ0v) is 6.48. The summed E-state index contributed by atoms with van der Waals surface area (Å²) in [6, 6.07) is -0.185. The largest absolute Gasteiger partial charge is 0.449 e. The van der Waals surface area contributed by atoms with Gasteiger partial charge in [-0.15, -0.1) is 0 Å². The van der Waals surface area contributed by atoms with E-state index in [2.05, 4.69) is 4.74 Å². The molecule has 0 rings (SSSR count).